The monoisotopic (exact) mass is 335 g/mol. The topological polar surface area (TPSA) is 12.0 Å². The number of nitrogens with one attached hydrogen (secondary N) is 1. The van der Waals surface area contributed by atoms with Gasteiger partial charge in [0.1, 0.15) is 5.82 Å². The van der Waals surface area contributed by atoms with Gasteiger partial charge in [-0.15, -0.1) is 0 Å². The normalized spacial score (nSPS) is 14.0. The van der Waals surface area contributed by atoms with Crippen LogP contribution in [0.1, 0.15) is 43.5 Å². The van der Waals surface area contributed by atoms with Crippen LogP contribution in [0, 0.1) is 5.82 Å². The van der Waals surface area contributed by atoms with Crippen molar-refractivity contribution in [2.45, 2.75) is 32.4 Å². The van der Waals surface area contributed by atoms with Gasteiger partial charge in [0.05, 0.1) is 0 Å². The van der Waals surface area contributed by atoms with Crippen molar-refractivity contribution in [3.8, 4) is 0 Å². The Morgan fingerprint density at radius 3 is 2.40 bits per heavy atom. The largest absolute Gasteiger partial charge is 0.303 e. The van der Waals surface area contributed by atoms with E-state index in [2.05, 4.69) is 47.2 Å². The van der Waals surface area contributed by atoms with Crippen molar-refractivity contribution in [2.75, 3.05) is 0 Å². The lowest BCUT2D eigenvalue weighted by Crippen LogP contribution is -2.24. The van der Waals surface area contributed by atoms with E-state index in [0.717, 1.165) is 16.5 Å². The first-order valence-electron chi connectivity index (χ1n) is 6.87. The molecule has 0 aromatic heterocycles. The van der Waals surface area contributed by atoms with Crippen molar-refractivity contribution in [3.63, 3.8) is 0 Å². The molecule has 0 bridgehead atoms. The van der Waals surface area contributed by atoms with Crippen LogP contribution >= 0.6 is 15.9 Å². The maximum Gasteiger partial charge on any atom is 0.123 e. The first-order valence-corrected chi connectivity index (χ1v) is 7.66. The molecule has 2 rings (SSSR count). The summed E-state index contributed by atoms with van der Waals surface area (Å²) >= 11 is 3.50. The fraction of sp³-hybridized carbons (Fsp3) is 0.294. The fourth-order valence-electron chi connectivity index (χ4n) is 2.32. The molecule has 3 heteroatoms. The van der Waals surface area contributed by atoms with Gasteiger partial charge in [0.15, 0.2) is 0 Å². The maximum atomic E-state index is 13.0. The van der Waals surface area contributed by atoms with Gasteiger partial charge in [-0.3, -0.25) is 0 Å². The lowest BCUT2D eigenvalue weighted by molar-refractivity contribution is 0.455. The molecule has 0 saturated carbocycles. The lowest BCUT2D eigenvalue weighted by Gasteiger charge is -2.23. The lowest BCUT2D eigenvalue weighted by atomic mass is 10.0. The Morgan fingerprint density at radius 2 is 1.80 bits per heavy atom. The van der Waals surface area contributed by atoms with Crippen LogP contribution in [0.3, 0.4) is 0 Å². The molecule has 0 spiro atoms. The first-order chi connectivity index (χ1) is 9.60. The van der Waals surface area contributed by atoms with Crippen LogP contribution < -0.4 is 5.32 Å². The molecule has 0 amide bonds. The van der Waals surface area contributed by atoms with Gasteiger partial charge in [-0.2, -0.15) is 0 Å². The SMILES string of the molecule is CCC(NC(C)c1cccc(Br)c1)c1ccc(F)cc1. The van der Waals surface area contributed by atoms with Crippen molar-refractivity contribution >= 4 is 15.9 Å². The molecule has 2 unspecified atom stereocenters. The highest BCUT2D eigenvalue weighted by atomic mass is 79.9. The molecule has 0 aliphatic carbocycles. The highest BCUT2D eigenvalue weighted by molar-refractivity contribution is 9.10. The molecule has 20 heavy (non-hydrogen) atoms. The molecule has 2 aromatic carbocycles. The molecular formula is C17H19BrFN. The third kappa shape index (κ3) is 3.90. The van der Waals surface area contributed by atoms with Gasteiger partial charge in [0.2, 0.25) is 0 Å². The Morgan fingerprint density at radius 1 is 1.10 bits per heavy atom. The second-order valence-corrected chi connectivity index (χ2v) is 5.87. The Hall–Kier alpha value is -1.19. The molecule has 2 atom stereocenters. The van der Waals surface area contributed by atoms with Crippen molar-refractivity contribution in [3.05, 3.63) is 69.9 Å². The Labute approximate surface area is 128 Å². The van der Waals surface area contributed by atoms with Crippen LogP contribution in [-0.4, -0.2) is 0 Å². The van der Waals surface area contributed by atoms with Crippen LogP contribution in [-0.2, 0) is 0 Å². The highest BCUT2D eigenvalue weighted by Crippen LogP contribution is 2.24. The second kappa shape index (κ2) is 7.00. The quantitative estimate of drug-likeness (QED) is 0.772. The summed E-state index contributed by atoms with van der Waals surface area (Å²) < 4.78 is 14.1. The van der Waals surface area contributed by atoms with Gasteiger partial charge in [0.25, 0.3) is 0 Å². The third-order valence-electron chi connectivity index (χ3n) is 3.48. The molecule has 1 nitrogen and oxygen atoms in total. The Bertz CT molecular complexity index is 553. The number of rotatable bonds is 5. The number of hydrogen-bond donors (Lipinski definition) is 1. The first kappa shape index (κ1) is 15.2. The molecule has 2 aromatic rings. The van der Waals surface area contributed by atoms with Gasteiger partial charge >= 0.3 is 0 Å². The fourth-order valence-corrected chi connectivity index (χ4v) is 2.74. The average Bonchev–Trinajstić information content (AvgIpc) is 2.45. The zero-order valence-corrected chi connectivity index (χ0v) is 13.3. The minimum absolute atomic E-state index is 0.191. The summed E-state index contributed by atoms with van der Waals surface area (Å²) in [5, 5.41) is 3.60. The summed E-state index contributed by atoms with van der Waals surface area (Å²) in [6, 6.07) is 15.5. The minimum atomic E-state index is -0.191. The summed E-state index contributed by atoms with van der Waals surface area (Å²) in [4.78, 5) is 0. The maximum absolute atomic E-state index is 13.0. The van der Waals surface area contributed by atoms with Crippen molar-refractivity contribution in [1.29, 1.82) is 0 Å². The smallest absolute Gasteiger partial charge is 0.123 e. The standard InChI is InChI=1S/C17H19BrFN/c1-3-17(13-7-9-16(19)10-8-13)20-12(2)14-5-4-6-15(18)11-14/h4-12,17,20H,3H2,1-2H3. The molecule has 0 aliphatic rings. The van der Waals surface area contributed by atoms with E-state index in [-0.39, 0.29) is 17.9 Å². The molecular weight excluding hydrogens is 317 g/mol. The molecule has 0 saturated heterocycles. The molecule has 106 valence electrons. The van der Waals surface area contributed by atoms with Gasteiger partial charge in [-0.05, 0) is 48.7 Å². The zero-order chi connectivity index (χ0) is 14.5. The van der Waals surface area contributed by atoms with Crippen LogP contribution in [0.4, 0.5) is 4.39 Å². The van der Waals surface area contributed by atoms with E-state index in [1.54, 1.807) is 0 Å². The molecule has 0 fully saturated rings. The van der Waals surface area contributed by atoms with Crippen LogP contribution in [0.25, 0.3) is 0 Å². The summed E-state index contributed by atoms with van der Waals surface area (Å²) in [5.74, 6) is -0.191. The summed E-state index contributed by atoms with van der Waals surface area (Å²) in [6.45, 7) is 4.28. The third-order valence-corrected chi connectivity index (χ3v) is 3.97. The predicted octanol–water partition coefficient (Wildman–Crippen LogP) is 5.39. The van der Waals surface area contributed by atoms with Gasteiger partial charge in [-0.25, -0.2) is 4.39 Å². The van der Waals surface area contributed by atoms with E-state index in [1.165, 1.54) is 17.7 Å². The van der Waals surface area contributed by atoms with E-state index < -0.39 is 0 Å². The Balaban J connectivity index is 2.11. The summed E-state index contributed by atoms with van der Waals surface area (Å²) in [6.07, 6.45) is 0.962. The van der Waals surface area contributed by atoms with E-state index in [1.807, 2.05) is 24.3 Å². The summed E-state index contributed by atoms with van der Waals surface area (Å²) in [7, 11) is 0. The zero-order valence-electron chi connectivity index (χ0n) is 11.7. The molecule has 1 N–H and O–H groups in total. The van der Waals surface area contributed by atoms with Gasteiger partial charge in [0, 0.05) is 16.6 Å². The van der Waals surface area contributed by atoms with E-state index >= 15 is 0 Å². The van der Waals surface area contributed by atoms with Gasteiger partial charge in [-0.1, -0.05) is 47.1 Å². The van der Waals surface area contributed by atoms with E-state index in [4.69, 9.17) is 0 Å². The number of benzene rings is 2. The van der Waals surface area contributed by atoms with Gasteiger partial charge < -0.3 is 5.32 Å². The molecule has 0 heterocycles. The average molecular weight is 336 g/mol. The van der Waals surface area contributed by atoms with Crippen LogP contribution in [0.2, 0.25) is 0 Å². The minimum Gasteiger partial charge on any atom is -0.303 e. The molecule has 0 aliphatic heterocycles. The van der Waals surface area contributed by atoms with Crippen molar-refractivity contribution in [2.24, 2.45) is 0 Å². The van der Waals surface area contributed by atoms with Crippen LogP contribution in [0.5, 0.6) is 0 Å². The van der Waals surface area contributed by atoms with E-state index in [0.29, 0.717) is 0 Å². The van der Waals surface area contributed by atoms with E-state index in [9.17, 15) is 4.39 Å². The number of halogens is 2. The second-order valence-electron chi connectivity index (χ2n) is 4.96. The van der Waals surface area contributed by atoms with Crippen molar-refractivity contribution in [1.82, 2.24) is 5.32 Å². The Kier molecular flexibility index (Phi) is 5.32. The highest BCUT2D eigenvalue weighted by Gasteiger charge is 2.14. The predicted molar refractivity (Wildman–Crippen MR) is 85.1 cm³/mol. The number of hydrogen-bond acceptors (Lipinski definition) is 1. The summed E-state index contributed by atoms with van der Waals surface area (Å²) in [5.41, 5.74) is 2.36. The van der Waals surface area contributed by atoms with Crippen LogP contribution in [0.15, 0.2) is 53.0 Å². The molecule has 0 radical (unpaired) electrons. The van der Waals surface area contributed by atoms with Crippen molar-refractivity contribution < 1.29 is 4.39 Å².